The van der Waals surface area contributed by atoms with Crippen LogP contribution in [0.25, 0.3) is 0 Å². The second-order valence-corrected chi connectivity index (χ2v) is 3.44. The molecule has 1 unspecified atom stereocenters. The van der Waals surface area contributed by atoms with E-state index in [0.717, 1.165) is 12.1 Å². The Bertz CT molecular complexity index is 338. The number of aryl methyl sites for hydroxylation is 1. The van der Waals surface area contributed by atoms with Crippen LogP contribution in [-0.2, 0) is 11.2 Å². The summed E-state index contributed by atoms with van der Waals surface area (Å²) in [6.45, 7) is 2.46. The largest absolute Gasteiger partial charge is 0.383 e. The first-order chi connectivity index (χ1) is 7.13. The van der Waals surface area contributed by atoms with Gasteiger partial charge in [0.05, 0.1) is 0 Å². The minimum atomic E-state index is -0.643. The van der Waals surface area contributed by atoms with Gasteiger partial charge in [0, 0.05) is 12.2 Å². The van der Waals surface area contributed by atoms with Gasteiger partial charge in [-0.25, -0.2) is 0 Å². The maximum Gasteiger partial charge on any atom is 0.236 e. The van der Waals surface area contributed by atoms with E-state index < -0.39 is 11.9 Å². The first kappa shape index (κ1) is 11.5. The van der Waals surface area contributed by atoms with Crippen LogP contribution in [0.4, 0.5) is 5.69 Å². The van der Waals surface area contributed by atoms with E-state index in [2.05, 4.69) is 18.3 Å². The summed E-state index contributed by atoms with van der Waals surface area (Å²) in [7, 11) is 0. The summed E-state index contributed by atoms with van der Waals surface area (Å²) < 4.78 is 0. The van der Waals surface area contributed by atoms with Gasteiger partial charge in [-0.1, -0.05) is 19.1 Å². The maximum atomic E-state index is 10.7. The summed E-state index contributed by atoms with van der Waals surface area (Å²) in [5.41, 5.74) is 12.8. The number of nitrogens with one attached hydrogen (secondary N) is 1. The fourth-order valence-corrected chi connectivity index (χ4v) is 1.23. The molecule has 0 bridgehead atoms. The van der Waals surface area contributed by atoms with Gasteiger partial charge in [-0.05, 0) is 24.1 Å². The van der Waals surface area contributed by atoms with E-state index in [4.69, 9.17) is 11.5 Å². The monoisotopic (exact) mass is 207 g/mol. The molecule has 0 fully saturated rings. The molecule has 1 atom stereocenters. The van der Waals surface area contributed by atoms with Crippen LogP contribution in [0.3, 0.4) is 0 Å². The van der Waals surface area contributed by atoms with Crippen molar-refractivity contribution in [3.05, 3.63) is 29.8 Å². The Balaban J connectivity index is 2.53. The summed E-state index contributed by atoms with van der Waals surface area (Å²) in [5, 5.41) is 3.07. The molecule has 1 rings (SSSR count). The molecule has 0 aliphatic carbocycles. The van der Waals surface area contributed by atoms with Crippen LogP contribution in [0, 0.1) is 0 Å². The molecule has 0 aliphatic rings. The van der Waals surface area contributed by atoms with E-state index in [9.17, 15) is 4.79 Å². The van der Waals surface area contributed by atoms with Crippen molar-refractivity contribution in [2.45, 2.75) is 19.4 Å². The molecule has 4 heteroatoms. The van der Waals surface area contributed by atoms with Gasteiger partial charge < -0.3 is 16.8 Å². The number of amides is 1. The third-order valence-corrected chi connectivity index (χ3v) is 2.23. The first-order valence-electron chi connectivity index (χ1n) is 5.01. The standard InChI is InChI=1S/C11H17N3O/c1-2-8-4-3-5-9(6-8)14-7-10(12)11(13)15/h3-6,10,14H,2,7,12H2,1H3,(H2,13,15). The highest BCUT2D eigenvalue weighted by atomic mass is 16.1. The second kappa shape index (κ2) is 5.36. The number of anilines is 1. The first-order valence-corrected chi connectivity index (χ1v) is 5.01. The number of benzene rings is 1. The number of hydrogen-bond acceptors (Lipinski definition) is 3. The fraction of sp³-hybridized carbons (Fsp3) is 0.364. The van der Waals surface area contributed by atoms with E-state index in [1.165, 1.54) is 5.56 Å². The number of primary amides is 1. The summed E-state index contributed by atoms with van der Waals surface area (Å²) in [6.07, 6.45) is 0.984. The Labute approximate surface area is 89.6 Å². The smallest absolute Gasteiger partial charge is 0.236 e. The van der Waals surface area contributed by atoms with Crippen LogP contribution < -0.4 is 16.8 Å². The van der Waals surface area contributed by atoms with Crippen molar-refractivity contribution in [3.8, 4) is 0 Å². The Morgan fingerprint density at radius 3 is 2.87 bits per heavy atom. The summed E-state index contributed by atoms with van der Waals surface area (Å²) in [5.74, 6) is -0.492. The second-order valence-electron chi connectivity index (χ2n) is 3.44. The third kappa shape index (κ3) is 3.59. The normalized spacial score (nSPS) is 12.1. The van der Waals surface area contributed by atoms with Crippen molar-refractivity contribution in [1.29, 1.82) is 0 Å². The quantitative estimate of drug-likeness (QED) is 0.656. The molecule has 1 aromatic carbocycles. The van der Waals surface area contributed by atoms with E-state index in [1.54, 1.807) is 0 Å². The summed E-state index contributed by atoms with van der Waals surface area (Å²) in [6, 6.07) is 7.35. The number of rotatable bonds is 5. The van der Waals surface area contributed by atoms with Gasteiger partial charge >= 0.3 is 0 Å². The van der Waals surface area contributed by atoms with Crippen molar-refractivity contribution in [1.82, 2.24) is 0 Å². The van der Waals surface area contributed by atoms with Crippen molar-refractivity contribution in [3.63, 3.8) is 0 Å². The average molecular weight is 207 g/mol. The molecule has 5 N–H and O–H groups in total. The minimum Gasteiger partial charge on any atom is -0.383 e. The predicted octanol–water partition coefficient (Wildman–Crippen LogP) is 0.474. The molecule has 0 spiro atoms. The molecule has 1 amide bonds. The molecule has 0 aliphatic heterocycles. The van der Waals surface area contributed by atoms with Crippen LogP contribution in [0.1, 0.15) is 12.5 Å². The van der Waals surface area contributed by atoms with Crippen LogP contribution in [0.2, 0.25) is 0 Å². The molecule has 0 saturated heterocycles. The van der Waals surface area contributed by atoms with Crippen LogP contribution in [0.5, 0.6) is 0 Å². The number of carbonyl (C=O) groups is 1. The van der Waals surface area contributed by atoms with Gasteiger partial charge in [0.25, 0.3) is 0 Å². The van der Waals surface area contributed by atoms with Gasteiger partial charge in [0.1, 0.15) is 6.04 Å². The van der Waals surface area contributed by atoms with Gasteiger partial charge in [-0.3, -0.25) is 4.79 Å². The van der Waals surface area contributed by atoms with E-state index in [1.807, 2.05) is 18.2 Å². The van der Waals surface area contributed by atoms with Crippen molar-refractivity contribution >= 4 is 11.6 Å². The van der Waals surface area contributed by atoms with E-state index >= 15 is 0 Å². The number of hydrogen-bond donors (Lipinski definition) is 3. The Kier molecular flexibility index (Phi) is 4.12. The summed E-state index contributed by atoms with van der Waals surface area (Å²) >= 11 is 0. The molecule has 0 aromatic heterocycles. The van der Waals surface area contributed by atoms with Gasteiger partial charge in [0.15, 0.2) is 0 Å². The Morgan fingerprint density at radius 1 is 1.53 bits per heavy atom. The summed E-state index contributed by atoms with van der Waals surface area (Å²) in [4.78, 5) is 10.7. The predicted molar refractivity (Wildman–Crippen MR) is 61.5 cm³/mol. The zero-order chi connectivity index (χ0) is 11.3. The molecule has 4 nitrogen and oxygen atoms in total. The molecular weight excluding hydrogens is 190 g/mol. The van der Waals surface area contributed by atoms with E-state index in [0.29, 0.717) is 6.54 Å². The topological polar surface area (TPSA) is 81.1 Å². The van der Waals surface area contributed by atoms with Gasteiger partial charge in [0.2, 0.25) is 5.91 Å². The third-order valence-electron chi connectivity index (χ3n) is 2.23. The molecular formula is C11H17N3O. The van der Waals surface area contributed by atoms with Crippen molar-refractivity contribution in [2.75, 3.05) is 11.9 Å². The molecule has 15 heavy (non-hydrogen) atoms. The van der Waals surface area contributed by atoms with Crippen LogP contribution in [-0.4, -0.2) is 18.5 Å². The molecule has 1 aromatic rings. The average Bonchev–Trinajstić information content (AvgIpc) is 2.26. The lowest BCUT2D eigenvalue weighted by Crippen LogP contribution is -2.41. The highest BCUT2D eigenvalue weighted by Crippen LogP contribution is 2.10. The lowest BCUT2D eigenvalue weighted by Gasteiger charge is -2.11. The van der Waals surface area contributed by atoms with Crippen molar-refractivity contribution in [2.24, 2.45) is 11.5 Å². The Hall–Kier alpha value is -1.55. The highest BCUT2D eigenvalue weighted by Gasteiger charge is 2.07. The number of nitrogens with two attached hydrogens (primary N) is 2. The Morgan fingerprint density at radius 2 is 2.27 bits per heavy atom. The van der Waals surface area contributed by atoms with Crippen molar-refractivity contribution < 1.29 is 4.79 Å². The van der Waals surface area contributed by atoms with E-state index in [-0.39, 0.29) is 0 Å². The SMILES string of the molecule is CCc1cccc(NCC(N)C(N)=O)c1. The molecule has 82 valence electrons. The van der Waals surface area contributed by atoms with Gasteiger partial charge in [-0.2, -0.15) is 0 Å². The fourth-order valence-electron chi connectivity index (χ4n) is 1.23. The maximum absolute atomic E-state index is 10.7. The minimum absolute atomic E-state index is 0.364. The lowest BCUT2D eigenvalue weighted by molar-refractivity contribution is -0.118. The molecule has 0 heterocycles. The lowest BCUT2D eigenvalue weighted by atomic mass is 10.1. The highest BCUT2D eigenvalue weighted by molar-refractivity contribution is 5.80. The zero-order valence-corrected chi connectivity index (χ0v) is 8.86. The van der Waals surface area contributed by atoms with Crippen LogP contribution >= 0.6 is 0 Å². The zero-order valence-electron chi connectivity index (χ0n) is 8.86. The molecule has 0 saturated carbocycles. The van der Waals surface area contributed by atoms with Crippen LogP contribution in [0.15, 0.2) is 24.3 Å². The number of carbonyl (C=O) groups excluding carboxylic acids is 1. The molecule has 0 radical (unpaired) electrons. The van der Waals surface area contributed by atoms with Gasteiger partial charge in [-0.15, -0.1) is 0 Å².